The zero-order valence-corrected chi connectivity index (χ0v) is 19.7. The van der Waals surface area contributed by atoms with Gasteiger partial charge in [0, 0.05) is 34.9 Å². The molecule has 0 bridgehead atoms. The van der Waals surface area contributed by atoms with E-state index in [1.807, 2.05) is 48.5 Å². The molecule has 1 aliphatic heterocycles. The summed E-state index contributed by atoms with van der Waals surface area (Å²) < 4.78 is 0. The smallest absolute Gasteiger partial charge is 0.326 e. The maximum absolute atomic E-state index is 12.8. The zero-order chi connectivity index (χ0) is 24.5. The molecule has 4 rings (SSSR count). The first-order chi connectivity index (χ1) is 16.1. The van der Waals surface area contributed by atoms with Crippen LogP contribution in [0.2, 0.25) is 5.02 Å². The molecule has 7 heteroatoms. The number of nitrogens with one attached hydrogen (secondary N) is 1. The summed E-state index contributed by atoms with van der Waals surface area (Å²) in [4.78, 5) is 38.2. The zero-order valence-electron chi connectivity index (χ0n) is 19.0. The van der Waals surface area contributed by atoms with Crippen LogP contribution in [0, 0.1) is 5.41 Å². The van der Waals surface area contributed by atoms with Crippen LogP contribution in [0.1, 0.15) is 36.2 Å². The Morgan fingerprint density at radius 2 is 1.59 bits per heavy atom. The maximum Gasteiger partial charge on any atom is 0.326 e. The first-order valence-electron chi connectivity index (χ1n) is 11.0. The molecule has 1 heterocycles. The van der Waals surface area contributed by atoms with Crippen molar-refractivity contribution in [3.8, 4) is 11.1 Å². The summed E-state index contributed by atoms with van der Waals surface area (Å²) in [6, 6.07) is 19.9. The van der Waals surface area contributed by atoms with Crippen LogP contribution < -0.4 is 10.2 Å². The quantitative estimate of drug-likeness (QED) is 0.409. The number of amides is 2. The number of anilines is 2. The van der Waals surface area contributed by atoms with Gasteiger partial charge in [-0.25, -0.2) is 4.79 Å². The van der Waals surface area contributed by atoms with Gasteiger partial charge in [-0.05, 0) is 67.3 Å². The second kappa shape index (κ2) is 9.31. The third-order valence-electron chi connectivity index (χ3n) is 6.04. The molecule has 34 heavy (non-hydrogen) atoms. The fraction of sp³-hybridized carbons (Fsp3) is 0.222. The molecule has 3 aromatic carbocycles. The molecule has 0 saturated heterocycles. The number of nitrogens with zero attached hydrogens (tertiary/aromatic N) is 1. The van der Waals surface area contributed by atoms with Gasteiger partial charge in [0.1, 0.15) is 0 Å². The van der Waals surface area contributed by atoms with E-state index in [-0.39, 0.29) is 18.2 Å². The number of carboxylic acids is 1. The second-order valence-electron chi connectivity index (χ2n) is 9.05. The Bertz CT molecular complexity index is 1250. The van der Waals surface area contributed by atoms with Gasteiger partial charge in [-0.3, -0.25) is 14.5 Å². The summed E-state index contributed by atoms with van der Waals surface area (Å²) in [6.07, 6.45) is 0.708. The molecule has 174 valence electrons. The molecule has 0 atom stereocenters. The molecule has 0 radical (unpaired) electrons. The summed E-state index contributed by atoms with van der Waals surface area (Å²) in [5, 5.41) is 12.8. The van der Waals surface area contributed by atoms with Crippen molar-refractivity contribution in [2.24, 2.45) is 5.41 Å². The minimum atomic E-state index is -1.11. The lowest BCUT2D eigenvalue weighted by atomic mass is 9.85. The van der Waals surface area contributed by atoms with Gasteiger partial charge in [-0.15, -0.1) is 0 Å². The number of fused-ring (bicyclic) bond motifs is 1. The lowest BCUT2D eigenvalue weighted by Crippen LogP contribution is -2.33. The number of carbonyl (C=O) groups excluding carboxylic acids is 2. The van der Waals surface area contributed by atoms with Crippen molar-refractivity contribution in [3.63, 3.8) is 0 Å². The molecule has 2 N–H and O–H groups in total. The van der Waals surface area contributed by atoms with Crippen molar-refractivity contribution < 1.29 is 19.5 Å². The second-order valence-corrected chi connectivity index (χ2v) is 9.48. The summed E-state index contributed by atoms with van der Waals surface area (Å²) in [7, 11) is 0. The van der Waals surface area contributed by atoms with Gasteiger partial charge in [0.2, 0.25) is 0 Å². The average Bonchev–Trinajstić information content (AvgIpc) is 3.22. The number of rotatable bonds is 6. The molecular weight excluding hydrogens is 452 g/mol. The molecule has 0 unspecified atom stereocenters. The monoisotopic (exact) mass is 476 g/mol. The highest BCUT2D eigenvalue weighted by atomic mass is 35.5. The van der Waals surface area contributed by atoms with E-state index in [4.69, 9.17) is 11.6 Å². The molecule has 2 amide bonds. The molecular formula is C27H25ClN2O4. The number of carbonyl (C=O) groups is 3. The Morgan fingerprint density at radius 3 is 2.21 bits per heavy atom. The number of carboxylic acid groups (broad SMARTS) is 1. The Balaban J connectivity index is 1.41. The predicted molar refractivity (Wildman–Crippen MR) is 134 cm³/mol. The van der Waals surface area contributed by atoms with Crippen LogP contribution in [-0.2, 0) is 11.2 Å². The number of urea groups is 1. The van der Waals surface area contributed by atoms with Crippen LogP contribution in [-0.4, -0.2) is 29.4 Å². The predicted octanol–water partition coefficient (Wildman–Crippen LogP) is 6.29. The van der Waals surface area contributed by atoms with Crippen molar-refractivity contribution in [1.82, 2.24) is 0 Å². The molecule has 0 aromatic heterocycles. The van der Waals surface area contributed by atoms with Gasteiger partial charge in [0.25, 0.3) is 0 Å². The SMILES string of the molecule is CC(C)(CC(=O)c1ccc(-c2ccc(NC(=O)N3CCc4cc(Cl)ccc43)cc2)cc1)C(=O)O. The normalized spacial score (nSPS) is 12.9. The van der Waals surface area contributed by atoms with Gasteiger partial charge in [-0.2, -0.15) is 0 Å². The number of Topliss-reactive ketones (excluding diaryl/α,β-unsaturated/α-hetero) is 1. The van der Waals surface area contributed by atoms with E-state index in [0.717, 1.165) is 28.8 Å². The maximum atomic E-state index is 12.8. The van der Waals surface area contributed by atoms with Crippen molar-refractivity contribution >= 4 is 40.8 Å². The first-order valence-corrected chi connectivity index (χ1v) is 11.4. The highest BCUT2D eigenvalue weighted by Gasteiger charge is 2.30. The lowest BCUT2D eigenvalue weighted by Gasteiger charge is -2.18. The summed E-state index contributed by atoms with van der Waals surface area (Å²) in [5.41, 5.74) is 3.83. The summed E-state index contributed by atoms with van der Waals surface area (Å²) in [6.45, 7) is 3.69. The fourth-order valence-electron chi connectivity index (χ4n) is 3.95. The number of halogens is 1. The van der Waals surface area contributed by atoms with Crippen LogP contribution >= 0.6 is 11.6 Å². The van der Waals surface area contributed by atoms with Crippen molar-refractivity contribution in [2.45, 2.75) is 26.7 Å². The van der Waals surface area contributed by atoms with E-state index in [2.05, 4.69) is 5.32 Å². The number of hydrogen-bond acceptors (Lipinski definition) is 3. The van der Waals surface area contributed by atoms with E-state index < -0.39 is 11.4 Å². The first kappa shape index (κ1) is 23.5. The molecule has 1 aliphatic rings. The van der Waals surface area contributed by atoms with Crippen molar-refractivity contribution in [3.05, 3.63) is 82.9 Å². The van der Waals surface area contributed by atoms with Crippen LogP contribution in [0.3, 0.4) is 0 Å². The van der Waals surface area contributed by atoms with E-state index >= 15 is 0 Å². The topological polar surface area (TPSA) is 86.7 Å². The third kappa shape index (κ3) is 4.97. The molecule has 0 fully saturated rings. The van der Waals surface area contributed by atoms with Gasteiger partial charge in [0.15, 0.2) is 5.78 Å². The third-order valence-corrected chi connectivity index (χ3v) is 6.28. The Morgan fingerprint density at radius 1 is 0.971 bits per heavy atom. The van der Waals surface area contributed by atoms with E-state index in [1.165, 1.54) is 0 Å². The Labute approximate surface area is 203 Å². The highest BCUT2D eigenvalue weighted by Crippen LogP contribution is 2.31. The Kier molecular flexibility index (Phi) is 6.44. The van der Waals surface area contributed by atoms with Gasteiger partial charge in [-0.1, -0.05) is 48.0 Å². The lowest BCUT2D eigenvalue weighted by molar-refractivity contribution is -0.146. The van der Waals surface area contributed by atoms with E-state index in [9.17, 15) is 19.5 Å². The van der Waals surface area contributed by atoms with Crippen molar-refractivity contribution in [1.29, 1.82) is 0 Å². The van der Waals surface area contributed by atoms with Crippen molar-refractivity contribution in [2.75, 3.05) is 16.8 Å². The van der Waals surface area contributed by atoms with E-state index in [1.54, 1.807) is 36.9 Å². The number of hydrogen-bond donors (Lipinski definition) is 2. The van der Waals surface area contributed by atoms with Crippen LogP contribution in [0.25, 0.3) is 11.1 Å². The number of benzene rings is 3. The minimum absolute atomic E-state index is 0.0649. The van der Waals surface area contributed by atoms with Gasteiger partial charge in [0.05, 0.1) is 5.41 Å². The molecule has 0 aliphatic carbocycles. The largest absolute Gasteiger partial charge is 0.481 e. The van der Waals surface area contributed by atoms with Gasteiger partial charge < -0.3 is 10.4 Å². The van der Waals surface area contributed by atoms with E-state index in [0.29, 0.717) is 22.8 Å². The number of ketones is 1. The molecule has 0 saturated carbocycles. The Hall–Kier alpha value is -3.64. The van der Waals surface area contributed by atoms with Gasteiger partial charge >= 0.3 is 12.0 Å². The fourth-order valence-corrected chi connectivity index (χ4v) is 4.14. The average molecular weight is 477 g/mol. The molecule has 0 spiro atoms. The van der Waals surface area contributed by atoms with Crippen LogP contribution in [0.5, 0.6) is 0 Å². The summed E-state index contributed by atoms with van der Waals surface area (Å²) >= 11 is 6.05. The minimum Gasteiger partial charge on any atom is -0.481 e. The van der Waals surface area contributed by atoms with Crippen LogP contribution in [0.4, 0.5) is 16.2 Å². The van der Waals surface area contributed by atoms with Crippen LogP contribution in [0.15, 0.2) is 66.7 Å². The standard InChI is InChI=1S/C27H25ClN2O4/c1-27(2,25(32)33)16-24(31)19-5-3-17(4-6-19)18-7-10-22(11-8-18)29-26(34)30-14-13-20-15-21(28)9-12-23(20)30/h3-12,15H,13-14,16H2,1-2H3,(H,29,34)(H,32,33). The summed E-state index contributed by atoms with van der Waals surface area (Å²) in [5.74, 6) is -1.20. The number of aliphatic carboxylic acids is 1. The molecule has 3 aromatic rings. The highest BCUT2D eigenvalue weighted by molar-refractivity contribution is 6.30. The molecule has 6 nitrogen and oxygen atoms in total.